The summed E-state index contributed by atoms with van der Waals surface area (Å²) in [5.74, 6) is -0.369. The number of amides is 3. The zero-order valence-electron chi connectivity index (χ0n) is 15.3. The molecule has 25 heavy (non-hydrogen) atoms. The van der Waals surface area contributed by atoms with Gasteiger partial charge in [-0.15, -0.1) is 0 Å². The van der Waals surface area contributed by atoms with Crippen LogP contribution >= 0.6 is 0 Å². The fourth-order valence-electron chi connectivity index (χ4n) is 2.01. The molecule has 0 fully saturated rings. The Morgan fingerprint density at radius 3 is 2.28 bits per heavy atom. The molecule has 0 saturated heterocycles. The number of likely N-dealkylation sites (N-methyl/N-ethyl adjacent to an activating group) is 1. The molecule has 0 bridgehead atoms. The van der Waals surface area contributed by atoms with E-state index in [2.05, 4.69) is 10.6 Å². The molecule has 3 amide bonds. The van der Waals surface area contributed by atoms with Gasteiger partial charge in [-0.25, -0.2) is 0 Å². The molecule has 138 valence electrons. The van der Waals surface area contributed by atoms with Gasteiger partial charge < -0.3 is 20.3 Å². The minimum Gasteiger partial charge on any atom is -0.484 e. The van der Waals surface area contributed by atoms with Crippen LogP contribution in [-0.4, -0.2) is 54.4 Å². The van der Waals surface area contributed by atoms with Gasteiger partial charge in [0, 0.05) is 12.1 Å². The summed E-state index contributed by atoms with van der Waals surface area (Å²) in [4.78, 5) is 37.2. The van der Waals surface area contributed by atoms with E-state index in [0.29, 0.717) is 12.3 Å². The molecule has 1 aromatic rings. The highest BCUT2D eigenvalue weighted by molar-refractivity contribution is 5.88. The van der Waals surface area contributed by atoms with Gasteiger partial charge in [0.25, 0.3) is 5.91 Å². The summed E-state index contributed by atoms with van der Waals surface area (Å²) in [6, 6.07) is 8.94. The molecule has 0 aliphatic heterocycles. The second-order valence-corrected chi connectivity index (χ2v) is 6.58. The number of benzene rings is 1. The zero-order chi connectivity index (χ0) is 18.9. The Balaban J connectivity index is 2.37. The van der Waals surface area contributed by atoms with Crippen molar-refractivity contribution in [2.75, 3.05) is 26.2 Å². The third-order valence-corrected chi connectivity index (χ3v) is 3.13. The summed E-state index contributed by atoms with van der Waals surface area (Å²) < 4.78 is 5.31. The van der Waals surface area contributed by atoms with Crippen molar-refractivity contribution >= 4 is 17.7 Å². The maximum Gasteiger partial charge on any atom is 0.258 e. The van der Waals surface area contributed by atoms with E-state index in [0.717, 1.165) is 0 Å². The molecule has 0 saturated carbocycles. The van der Waals surface area contributed by atoms with E-state index >= 15 is 0 Å². The summed E-state index contributed by atoms with van der Waals surface area (Å²) in [6.07, 6.45) is 0. The molecular formula is C18H27N3O4. The van der Waals surface area contributed by atoms with Crippen LogP contribution in [0.1, 0.15) is 27.7 Å². The first-order valence-electron chi connectivity index (χ1n) is 8.24. The summed E-state index contributed by atoms with van der Waals surface area (Å²) in [7, 11) is 0. The fraction of sp³-hybridized carbons (Fsp3) is 0.500. The molecule has 0 spiro atoms. The van der Waals surface area contributed by atoms with Gasteiger partial charge in [0.15, 0.2) is 6.61 Å². The van der Waals surface area contributed by atoms with Gasteiger partial charge in [-0.05, 0) is 39.8 Å². The average Bonchev–Trinajstić information content (AvgIpc) is 2.55. The van der Waals surface area contributed by atoms with Gasteiger partial charge in [0.2, 0.25) is 11.8 Å². The van der Waals surface area contributed by atoms with Crippen molar-refractivity contribution in [1.29, 1.82) is 0 Å². The van der Waals surface area contributed by atoms with E-state index in [9.17, 15) is 14.4 Å². The van der Waals surface area contributed by atoms with Crippen LogP contribution in [-0.2, 0) is 14.4 Å². The molecule has 0 radical (unpaired) electrons. The Hall–Kier alpha value is -2.57. The monoisotopic (exact) mass is 349 g/mol. The van der Waals surface area contributed by atoms with Crippen LogP contribution in [0.4, 0.5) is 0 Å². The lowest BCUT2D eigenvalue weighted by Gasteiger charge is -2.25. The fourth-order valence-corrected chi connectivity index (χ4v) is 2.01. The van der Waals surface area contributed by atoms with Crippen molar-refractivity contribution in [2.24, 2.45) is 0 Å². The first-order chi connectivity index (χ1) is 11.7. The number of hydrogen-bond acceptors (Lipinski definition) is 4. The lowest BCUT2D eigenvalue weighted by atomic mass is 10.1. The van der Waals surface area contributed by atoms with Crippen LogP contribution in [0.15, 0.2) is 30.3 Å². The second-order valence-electron chi connectivity index (χ2n) is 6.58. The highest BCUT2D eigenvalue weighted by Crippen LogP contribution is 2.07. The van der Waals surface area contributed by atoms with Gasteiger partial charge in [-0.1, -0.05) is 18.2 Å². The van der Waals surface area contributed by atoms with Gasteiger partial charge in [-0.2, -0.15) is 0 Å². The van der Waals surface area contributed by atoms with Crippen LogP contribution in [0.25, 0.3) is 0 Å². The Morgan fingerprint density at radius 2 is 1.72 bits per heavy atom. The molecule has 0 aliphatic rings. The first kappa shape index (κ1) is 20.5. The van der Waals surface area contributed by atoms with Gasteiger partial charge in [0.05, 0.1) is 13.1 Å². The van der Waals surface area contributed by atoms with Crippen molar-refractivity contribution in [1.82, 2.24) is 15.5 Å². The van der Waals surface area contributed by atoms with E-state index in [-0.39, 0.29) is 37.0 Å². The number of rotatable bonds is 8. The highest BCUT2D eigenvalue weighted by Gasteiger charge is 2.19. The van der Waals surface area contributed by atoms with E-state index in [1.54, 1.807) is 31.2 Å². The largest absolute Gasteiger partial charge is 0.484 e. The number of carbonyl (C=O) groups excluding carboxylic acids is 3. The Kier molecular flexibility index (Phi) is 7.91. The van der Waals surface area contributed by atoms with Gasteiger partial charge in [-0.3, -0.25) is 14.4 Å². The summed E-state index contributed by atoms with van der Waals surface area (Å²) in [5.41, 5.74) is -0.359. The number of ether oxygens (including phenoxy) is 1. The number of carbonyl (C=O) groups is 3. The summed E-state index contributed by atoms with van der Waals surface area (Å²) in [6.45, 7) is 7.39. The normalized spacial score (nSPS) is 10.7. The quantitative estimate of drug-likeness (QED) is 0.731. The highest BCUT2D eigenvalue weighted by atomic mass is 16.5. The topological polar surface area (TPSA) is 87.7 Å². The van der Waals surface area contributed by atoms with Crippen molar-refractivity contribution in [2.45, 2.75) is 33.2 Å². The van der Waals surface area contributed by atoms with Crippen LogP contribution in [0.5, 0.6) is 5.75 Å². The number of hydrogen-bond donors (Lipinski definition) is 2. The molecule has 2 N–H and O–H groups in total. The Labute approximate surface area is 148 Å². The molecule has 0 atom stereocenters. The first-order valence-corrected chi connectivity index (χ1v) is 8.24. The van der Waals surface area contributed by atoms with Gasteiger partial charge >= 0.3 is 0 Å². The van der Waals surface area contributed by atoms with Crippen LogP contribution < -0.4 is 15.4 Å². The third-order valence-electron chi connectivity index (χ3n) is 3.13. The molecule has 0 aromatic heterocycles. The Bertz CT molecular complexity index is 582. The number of nitrogens with zero attached hydrogens (tertiary/aromatic N) is 1. The molecule has 0 heterocycles. The predicted molar refractivity (Wildman–Crippen MR) is 95.1 cm³/mol. The zero-order valence-corrected chi connectivity index (χ0v) is 15.3. The Morgan fingerprint density at radius 1 is 1.08 bits per heavy atom. The average molecular weight is 349 g/mol. The molecule has 7 heteroatoms. The van der Waals surface area contributed by atoms with E-state index in [4.69, 9.17) is 4.74 Å². The molecule has 1 aromatic carbocycles. The van der Waals surface area contributed by atoms with Crippen LogP contribution in [0.2, 0.25) is 0 Å². The lowest BCUT2D eigenvalue weighted by Crippen LogP contribution is -2.49. The van der Waals surface area contributed by atoms with Crippen molar-refractivity contribution in [3.8, 4) is 5.75 Å². The number of para-hydroxylation sites is 1. The van der Waals surface area contributed by atoms with E-state index in [1.165, 1.54) is 4.90 Å². The minimum absolute atomic E-state index is 0.0387. The number of nitrogens with one attached hydrogen (secondary N) is 2. The molecule has 0 unspecified atom stereocenters. The molecule has 7 nitrogen and oxygen atoms in total. The van der Waals surface area contributed by atoms with E-state index < -0.39 is 5.91 Å². The standard InChI is InChI=1S/C18H27N3O4/c1-5-21(12-15(22)20-18(2,3)4)17(24)11-19-16(23)13-25-14-9-7-6-8-10-14/h6-10H,5,11-13H2,1-4H3,(H,19,23)(H,20,22). The van der Waals surface area contributed by atoms with Crippen molar-refractivity contribution in [3.63, 3.8) is 0 Å². The SMILES string of the molecule is CCN(CC(=O)NC(C)(C)C)C(=O)CNC(=O)COc1ccccc1. The van der Waals surface area contributed by atoms with Crippen LogP contribution in [0, 0.1) is 0 Å². The molecule has 0 aliphatic carbocycles. The summed E-state index contributed by atoms with van der Waals surface area (Å²) in [5, 5.41) is 5.30. The molecular weight excluding hydrogens is 322 g/mol. The van der Waals surface area contributed by atoms with Crippen LogP contribution in [0.3, 0.4) is 0 Å². The maximum absolute atomic E-state index is 12.1. The minimum atomic E-state index is -0.396. The second kappa shape index (κ2) is 9.66. The van der Waals surface area contributed by atoms with Gasteiger partial charge in [0.1, 0.15) is 5.75 Å². The van der Waals surface area contributed by atoms with E-state index in [1.807, 2.05) is 26.8 Å². The summed E-state index contributed by atoms with van der Waals surface area (Å²) >= 11 is 0. The van der Waals surface area contributed by atoms with Crippen molar-refractivity contribution in [3.05, 3.63) is 30.3 Å². The predicted octanol–water partition coefficient (Wildman–Crippen LogP) is 0.945. The third kappa shape index (κ3) is 8.74. The smallest absolute Gasteiger partial charge is 0.258 e. The molecule has 1 rings (SSSR count). The lowest BCUT2D eigenvalue weighted by molar-refractivity contribution is -0.137. The van der Waals surface area contributed by atoms with Crippen molar-refractivity contribution < 1.29 is 19.1 Å². The maximum atomic E-state index is 12.1.